The zero-order chi connectivity index (χ0) is 14.6. The molecule has 0 aliphatic rings. The van der Waals surface area contributed by atoms with E-state index in [1.165, 1.54) is 23.1 Å². The molecule has 0 spiro atoms. The minimum Gasteiger partial charge on any atom is -0.280 e. The standard InChI is InChI=1S/C10H11ClFN5O2S/c11-4-1-5-20(18,19)14-10-6-8(2-3-9(10)12)17-7-13-15-16-17/h2-3,6-7,14H,1,4-5H2. The second-order valence-corrected chi connectivity index (χ2v) is 6.10. The largest absolute Gasteiger partial charge is 0.280 e. The van der Waals surface area contributed by atoms with Crippen molar-refractivity contribution in [3.63, 3.8) is 0 Å². The summed E-state index contributed by atoms with van der Waals surface area (Å²) in [4.78, 5) is 0. The number of rotatable bonds is 6. The molecule has 0 aliphatic carbocycles. The maximum atomic E-state index is 13.6. The normalized spacial score (nSPS) is 11.5. The Kier molecular flexibility index (Phi) is 4.50. The summed E-state index contributed by atoms with van der Waals surface area (Å²) in [5, 5.41) is 10.5. The Hall–Kier alpha value is -1.74. The van der Waals surface area contributed by atoms with Crippen LogP contribution in [-0.4, -0.2) is 40.3 Å². The molecular weight excluding hydrogens is 309 g/mol. The smallest absolute Gasteiger partial charge is 0.232 e. The molecule has 10 heteroatoms. The average Bonchev–Trinajstić information content (AvgIpc) is 2.93. The number of alkyl halides is 1. The van der Waals surface area contributed by atoms with Gasteiger partial charge in [0.25, 0.3) is 0 Å². The third-order valence-corrected chi connectivity index (χ3v) is 4.00. The molecule has 2 aromatic rings. The van der Waals surface area contributed by atoms with Crippen LogP contribution in [0.3, 0.4) is 0 Å². The first-order chi connectivity index (χ1) is 9.52. The summed E-state index contributed by atoms with van der Waals surface area (Å²) in [6.07, 6.45) is 1.60. The van der Waals surface area contributed by atoms with E-state index < -0.39 is 15.8 Å². The highest BCUT2D eigenvalue weighted by Gasteiger charge is 2.14. The Balaban J connectivity index is 2.26. The fraction of sp³-hybridized carbons (Fsp3) is 0.300. The summed E-state index contributed by atoms with van der Waals surface area (Å²) in [7, 11) is -3.64. The summed E-state index contributed by atoms with van der Waals surface area (Å²) in [6.45, 7) is 0. The Morgan fingerprint density at radius 1 is 1.40 bits per heavy atom. The van der Waals surface area contributed by atoms with Gasteiger partial charge in [0.15, 0.2) is 0 Å². The van der Waals surface area contributed by atoms with Crippen molar-refractivity contribution in [3.8, 4) is 5.69 Å². The summed E-state index contributed by atoms with van der Waals surface area (Å²) < 4.78 is 40.6. The monoisotopic (exact) mass is 319 g/mol. The van der Waals surface area contributed by atoms with Crippen molar-refractivity contribution in [2.24, 2.45) is 0 Å². The molecule has 0 saturated carbocycles. The first-order valence-electron chi connectivity index (χ1n) is 5.61. The van der Waals surface area contributed by atoms with E-state index >= 15 is 0 Å². The fourth-order valence-electron chi connectivity index (χ4n) is 1.48. The van der Waals surface area contributed by atoms with Crippen molar-refractivity contribution >= 4 is 27.3 Å². The van der Waals surface area contributed by atoms with Gasteiger partial charge in [-0.15, -0.1) is 16.7 Å². The van der Waals surface area contributed by atoms with Crippen LogP contribution in [0.1, 0.15) is 6.42 Å². The highest BCUT2D eigenvalue weighted by atomic mass is 35.5. The summed E-state index contributed by atoms with van der Waals surface area (Å²) in [5.41, 5.74) is 0.277. The molecule has 0 amide bonds. The number of tetrazole rings is 1. The first kappa shape index (κ1) is 14.7. The van der Waals surface area contributed by atoms with Crippen LogP contribution in [-0.2, 0) is 10.0 Å². The second kappa shape index (κ2) is 6.14. The predicted molar refractivity (Wildman–Crippen MR) is 71.9 cm³/mol. The van der Waals surface area contributed by atoms with E-state index in [2.05, 4.69) is 20.2 Å². The maximum Gasteiger partial charge on any atom is 0.232 e. The molecule has 20 heavy (non-hydrogen) atoms. The van der Waals surface area contributed by atoms with E-state index in [0.717, 1.165) is 6.07 Å². The van der Waals surface area contributed by atoms with Crippen molar-refractivity contribution in [3.05, 3.63) is 30.3 Å². The van der Waals surface area contributed by atoms with Crippen molar-refractivity contribution in [2.45, 2.75) is 6.42 Å². The number of nitrogens with zero attached hydrogens (tertiary/aromatic N) is 4. The lowest BCUT2D eigenvalue weighted by molar-refractivity contribution is 0.597. The Morgan fingerprint density at radius 3 is 2.85 bits per heavy atom. The molecule has 0 radical (unpaired) electrons. The highest BCUT2D eigenvalue weighted by molar-refractivity contribution is 7.92. The first-order valence-corrected chi connectivity index (χ1v) is 7.80. The van der Waals surface area contributed by atoms with Gasteiger partial charge in [-0.2, -0.15) is 0 Å². The number of halogens is 2. The van der Waals surface area contributed by atoms with Crippen LogP contribution >= 0.6 is 11.6 Å². The number of hydrogen-bond donors (Lipinski definition) is 1. The molecule has 0 aliphatic heterocycles. The number of sulfonamides is 1. The van der Waals surface area contributed by atoms with E-state index in [4.69, 9.17) is 11.6 Å². The molecule has 0 saturated heterocycles. The lowest BCUT2D eigenvalue weighted by atomic mass is 10.3. The van der Waals surface area contributed by atoms with Gasteiger partial charge in [0.05, 0.1) is 17.1 Å². The third kappa shape index (κ3) is 3.64. The van der Waals surface area contributed by atoms with Gasteiger partial charge in [-0.1, -0.05) is 0 Å². The molecule has 0 bridgehead atoms. The molecule has 0 fully saturated rings. The fourth-order valence-corrected chi connectivity index (χ4v) is 2.89. The molecular formula is C10H11ClFN5O2S. The molecule has 2 rings (SSSR count). The van der Waals surface area contributed by atoms with Crippen LogP contribution in [0.2, 0.25) is 0 Å². The number of hydrogen-bond acceptors (Lipinski definition) is 5. The molecule has 1 heterocycles. The molecule has 1 aromatic carbocycles. The summed E-state index contributed by atoms with van der Waals surface area (Å²) in [5.74, 6) is -0.643. The summed E-state index contributed by atoms with van der Waals surface area (Å²) >= 11 is 5.44. The minimum absolute atomic E-state index is 0.160. The van der Waals surface area contributed by atoms with E-state index in [9.17, 15) is 12.8 Å². The predicted octanol–water partition coefficient (Wildman–Crippen LogP) is 1.17. The lowest BCUT2D eigenvalue weighted by Crippen LogP contribution is -2.18. The van der Waals surface area contributed by atoms with Gasteiger partial charge >= 0.3 is 0 Å². The zero-order valence-corrected chi connectivity index (χ0v) is 11.8. The van der Waals surface area contributed by atoms with E-state index in [-0.39, 0.29) is 23.7 Å². The van der Waals surface area contributed by atoms with E-state index in [1.54, 1.807) is 0 Å². The van der Waals surface area contributed by atoms with Crippen LogP contribution in [0.4, 0.5) is 10.1 Å². The van der Waals surface area contributed by atoms with E-state index in [1.807, 2.05) is 0 Å². The maximum absolute atomic E-state index is 13.6. The van der Waals surface area contributed by atoms with Crippen LogP contribution in [0.25, 0.3) is 5.69 Å². The number of benzene rings is 1. The molecule has 1 N–H and O–H groups in total. The minimum atomic E-state index is -3.64. The van der Waals surface area contributed by atoms with Crippen LogP contribution in [0.5, 0.6) is 0 Å². The van der Waals surface area contributed by atoms with Crippen LogP contribution in [0.15, 0.2) is 24.5 Å². The molecule has 0 atom stereocenters. The summed E-state index contributed by atoms with van der Waals surface area (Å²) in [6, 6.07) is 3.88. The van der Waals surface area contributed by atoms with Gasteiger partial charge in [-0.05, 0) is 35.0 Å². The SMILES string of the molecule is O=S(=O)(CCCCl)Nc1cc(-n2cnnn2)ccc1F. The van der Waals surface area contributed by atoms with Crippen LogP contribution in [0, 0.1) is 5.82 Å². The van der Waals surface area contributed by atoms with Crippen LogP contribution < -0.4 is 4.72 Å². The van der Waals surface area contributed by atoms with Gasteiger partial charge in [-0.3, -0.25) is 4.72 Å². The van der Waals surface area contributed by atoms with E-state index in [0.29, 0.717) is 5.69 Å². The van der Waals surface area contributed by atoms with Crippen molar-refractivity contribution in [1.82, 2.24) is 20.2 Å². The highest BCUT2D eigenvalue weighted by Crippen LogP contribution is 2.19. The molecule has 7 nitrogen and oxygen atoms in total. The lowest BCUT2D eigenvalue weighted by Gasteiger charge is -2.09. The van der Waals surface area contributed by atoms with Crippen molar-refractivity contribution < 1.29 is 12.8 Å². The second-order valence-electron chi connectivity index (χ2n) is 3.88. The Labute approximate surface area is 119 Å². The molecule has 108 valence electrons. The number of anilines is 1. The molecule has 1 aromatic heterocycles. The number of aromatic nitrogens is 4. The van der Waals surface area contributed by atoms with Gasteiger partial charge in [0.1, 0.15) is 12.1 Å². The van der Waals surface area contributed by atoms with Crippen molar-refractivity contribution in [2.75, 3.05) is 16.4 Å². The Morgan fingerprint density at radius 2 is 2.20 bits per heavy atom. The molecule has 0 unspecified atom stereocenters. The zero-order valence-electron chi connectivity index (χ0n) is 10.2. The average molecular weight is 320 g/mol. The topological polar surface area (TPSA) is 89.8 Å². The quantitative estimate of drug-likeness (QED) is 0.807. The number of nitrogens with one attached hydrogen (secondary N) is 1. The third-order valence-electron chi connectivity index (χ3n) is 2.38. The van der Waals surface area contributed by atoms with Gasteiger partial charge in [0.2, 0.25) is 10.0 Å². The van der Waals surface area contributed by atoms with Crippen molar-refractivity contribution in [1.29, 1.82) is 0 Å². The Bertz CT molecular complexity index is 677. The van der Waals surface area contributed by atoms with Gasteiger partial charge < -0.3 is 0 Å². The van der Waals surface area contributed by atoms with Gasteiger partial charge in [0, 0.05) is 5.88 Å². The van der Waals surface area contributed by atoms with Gasteiger partial charge in [-0.25, -0.2) is 17.5 Å².